The highest BCUT2D eigenvalue weighted by atomic mass is 35.5. The monoisotopic (exact) mass is 235 g/mol. The van der Waals surface area contributed by atoms with Crippen LogP contribution in [0.5, 0.6) is 0 Å². The first-order valence-corrected chi connectivity index (χ1v) is 6.83. The van der Waals surface area contributed by atoms with Gasteiger partial charge < -0.3 is 5.32 Å². The number of thioether (sulfide) groups is 1. The highest BCUT2D eigenvalue weighted by Crippen LogP contribution is 2.30. The number of hydrogen-bond acceptors (Lipinski definition) is 3. The molecule has 0 saturated heterocycles. The standard InChI is InChI=1S/C9H14ClNS2/c1-11-8(4-5-12-2)9-7(10)3-6-13-9/h3,6,8,11H,4-5H2,1-2H3. The van der Waals surface area contributed by atoms with E-state index >= 15 is 0 Å². The maximum Gasteiger partial charge on any atom is 0.0561 e. The molecule has 1 atom stereocenters. The summed E-state index contributed by atoms with van der Waals surface area (Å²) < 4.78 is 0. The minimum Gasteiger partial charge on any atom is -0.312 e. The van der Waals surface area contributed by atoms with Gasteiger partial charge in [-0.3, -0.25) is 0 Å². The van der Waals surface area contributed by atoms with Crippen molar-refractivity contribution in [1.29, 1.82) is 0 Å². The maximum atomic E-state index is 6.06. The Hall–Kier alpha value is 0.300. The molecule has 0 spiro atoms. The van der Waals surface area contributed by atoms with Gasteiger partial charge in [-0.05, 0) is 36.9 Å². The van der Waals surface area contributed by atoms with E-state index in [4.69, 9.17) is 11.6 Å². The highest BCUT2D eigenvalue weighted by Gasteiger charge is 2.13. The number of rotatable bonds is 5. The molecule has 1 nitrogen and oxygen atoms in total. The molecule has 0 radical (unpaired) electrons. The lowest BCUT2D eigenvalue weighted by Crippen LogP contribution is -2.16. The van der Waals surface area contributed by atoms with Gasteiger partial charge in [0.15, 0.2) is 0 Å². The Morgan fingerprint density at radius 3 is 2.92 bits per heavy atom. The third-order valence-corrected chi connectivity index (χ3v) is 4.04. The molecule has 1 N–H and O–H groups in total. The smallest absolute Gasteiger partial charge is 0.0561 e. The summed E-state index contributed by atoms with van der Waals surface area (Å²) in [7, 11) is 1.99. The van der Waals surface area contributed by atoms with Crippen LogP contribution in [0.4, 0.5) is 0 Å². The summed E-state index contributed by atoms with van der Waals surface area (Å²) in [6, 6.07) is 2.38. The lowest BCUT2D eigenvalue weighted by atomic mass is 10.2. The lowest BCUT2D eigenvalue weighted by Gasteiger charge is -2.14. The van der Waals surface area contributed by atoms with E-state index in [9.17, 15) is 0 Å². The van der Waals surface area contributed by atoms with E-state index in [1.165, 1.54) is 10.6 Å². The van der Waals surface area contributed by atoms with Crippen molar-refractivity contribution in [2.75, 3.05) is 19.1 Å². The molecule has 4 heteroatoms. The van der Waals surface area contributed by atoms with Crippen LogP contribution in [-0.2, 0) is 0 Å². The molecule has 1 unspecified atom stereocenters. The van der Waals surface area contributed by atoms with Crippen LogP contribution < -0.4 is 5.32 Å². The Morgan fingerprint density at radius 1 is 1.69 bits per heavy atom. The van der Waals surface area contributed by atoms with Crippen molar-refractivity contribution in [1.82, 2.24) is 5.32 Å². The van der Waals surface area contributed by atoms with Crippen LogP contribution in [0.1, 0.15) is 17.3 Å². The molecule has 0 aliphatic rings. The molecule has 1 aromatic rings. The van der Waals surface area contributed by atoms with Crippen LogP contribution in [0.3, 0.4) is 0 Å². The molecule has 74 valence electrons. The average molecular weight is 236 g/mol. The van der Waals surface area contributed by atoms with Gasteiger partial charge >= 0.3 is 0 Å². The second kappa shape index (κ2) is 5.91. The largest absolute Gasteiger partial charge is 0.312 e. The van der Waals surface area contributed by atoms with Crippen molar-refractivity contribution in [2.45, 2.75) is 12.5 Å². The van der Waals surface area contributed by atoms with Crippen molar-refractivity contribution >= 4 is 34.7 Å². The Kier molecular flexibility index (Phi) is 5.17. The summed E-state index contributed by atoms with van der Waals surface area (Å²) >= 11 is 9.65. The molecule has 0 bridgehead atoms. The van der Waals surface area contributed by atoms with Gasteiger partial charge in [-0.25, -0.2) is 0 Å². The summed E-state index contributed by atoms with van der Waals surface area (Å²) in [5.74, 6) is 1.17. The van der Waals surface area contributed by atoms with Crippen LogP contribution in [-0.4, -0.2) is 19.1 Å². The Bertz CT molecular complexity index is 250. The van der Waals surface area contributed by atoms with Crippen molar-refractivity contribution in [2.24, 2.45) is 0 Å². The fourth-order valence-electron chi connectivity index (χ4n) is 1.20. The minimum absolute atomic E-state index is 0.417. The molecule has 0 aliphatic heterocycles. The lowest BCUT2D eigenvalue weighted by molar-refractivity contribution is 0.591. The molecule has 1 aromatic heterocycles. The number of hydrogen-bond donors (Lipinski definition) is 1. The topological polar surface area (TPSA) is 12.0 Å². The molecular formula is C9H14ClNS2. The van der Waals surface area contributed by atoms with Crippen LogP contribution in [0.2, 0.25) is 5.02 Å². The highest BCUT2D eigenvalue weighted by molar-refractivity contribution is 7.98. The number of nitrogens with one attached hydrogen (secondary N) is 1. The zero-order chi connectivity index (χ0) is 9.68. The molecule has 1 heterocycles. The van der Waals surface area contributed by atoms with Gasteiger partial charge in [0.05, 0.1) is 5.02 Å². The van der Waals surface area contributed by atoms with E-state index in [0.29, 0.717) is 6.04 Å². The first-order valence-electron chi connectivity index (χ1n) is 4.18. The molecule has 0 amide bonds. The first kappa shape index (κ1) is 11.4. The average Bonchev–Trinajstić information content (AvgIpc) is 2.54. The van der Waals surface area contributed by atoms with Crippen molar-refractivity contribution < 1.29 is 0 Å². The minimum atomic E-state index is 0.417. The maximum absolute atomic E-state index is 6.06. The van der Waals surface area contributed by atoms with Gasteiger partial charge in [0.1, 0.15) is 0 Å². The van der Waals surface area contributed by atoms with Gasteiger partial charge in [-0.2, -0.15) is 11.8 Å². The third-order valence-electron chi connectivity index (χ3n) is 1.92. The zero-order valence-electron chi connectivity index (χ0n) is 7.84. The van der Waals surface area contributed by atoms with Gasteiger partial charge in [-0.15, -0.1) is 11.3 Å². The first-order chi connectivity index (χ1) is 6.29. The molecule has 1 rings (SSSR count). The van der Waals surface area contributed by atoms with Crippen molar-refractivity contribution in [3.8, 4) is 0 Å². The predicted molar refractivity (Wildman–Crippen MR) is 64.1 cm³/mol. The quantitative estimate of drug-likeness (QED) is 0.840. The molecule has 13 heavy (non-hydrogen) atoms. The second-order valence-corrected chi connectivity index (χ2v) is 5.10. The van der Waals surface area contributed by atoms with E-state index in [2.05, 4.69) is 11.6 Å². The zero-order valence-corrected chi connectivity index (χ0v) is 10.2. The van der Waals surface area contributed by atoms with E-state index in [-0.39, 0.29) is 0 Å². The van der Waals surface area contributed by atoms with E-state index in [1.807, 2.05) is 30.3 Å². The van der Waals surface area contributed by atoms with Gasteiger partial charge in [-0.1, -0.05) is 11.6 Å². The third kappa shape index (κ3) is 3.17. The Morgan fingerprint density at radius 2 is 2.46 bits per heavy atom. The molecule has 0 saturated carbocycles. The second-order valence-electron chi connectivity index (χ2n) is 2.76. The number of halogens is 1. The fraction of sp³-hybridized carbons (Fsp3) is 0.556. The normalized spacial score (nSPS) is 13.2. The van der Waals surface area contributed by atoms with Crippen molar-refractivity contribution in [3.05, 3.63) is 21.3 Å². The van der Waals surface area contributed by atoms with Gasteiger partial charge in [0.2, 0.25) is 0 Å². The van der Waals surface area contributed by atoms with Crippen LogP contribution in [0.15, 0.2) is 11.4 Å². The summed E-state index contributed by atoms with van der Waals surface area (Å²) in [4.78, 5) is 1.26. The summed E-state index contributed by atoms with van der Waals surface area (Å²) in [5.41, 5.74) is 0. The van der Waals surface area contributed by atoms with Gasteiger partial charge in [0, 0.05) is 10.9 Å². The summed E-state index contributed by atoms with van der Waals surface area (Å²) in [5, 5.41) is 6.23. The molecule has 0 fully saturated rings. The summed E-state index contributed by atoms with van der Waals surface area (Å²) in [6.07, 6.45) is 3.26. The fourth-order valence-corrected chi connectivity index (χ4v) is 3.00. The molecular weight excluding hydrogens is 222 g/mol. The SMILES string of the molecule is CNC(CCSC)c1sccc1Cl. The van der Waals surface area contributed by atoms with Crippen LogP contribution in [0, 0.1) is 0 Å². The van der Waals surface area contributed by atoms with Crippen molar-refractivity contribution in [3.63, 3.8) is 0 Å². The van der Waals surface area contributed by atoms with E-state index < -0.39 is 0 Å². The molecule has 0 aliphatic carbocycles. The Balaban J connectivity index is 2.61. The summed E-state index contributed by atoms with van der Waals surface area (Å²) in [6.45, 7) is 0. The van der Waals surface area contributed by atoms with Gasteiger partial charge in [0.25, 0.3) is 0 Å². The Labute approximate surface area is 92.9 Å². The predicted octanol–water partition coefficient (Wildman–Crippen LogP) is 3.42. The van der Waals surface area contributed by atoms with E-state index in [1.54, 1.807) is 11.3 Å². The van der Waals surface area contributed by atoms with Crippen LogP contribution in [0.25, 0.3) is 0 Å². The number of thiophene rings is 1. The molecule has 0 aromatic carbocycles. The van der Waals surface area contributed by atoms with E-state index in [0.717, 1.165) is 11.4 Å². The van der Waals surface area contributed by atoms with Crippen LogP contribution >= 0.6 is 34.7 Å².